The molecule has 1 amide bonds. The Morgan fingerprint density at radius 2 is 2.08 bits per heavy atom. The molecule has 2 aromatic carbocycles. The van der Waals surface area contributed by atoms with Gasteiger partial charge in [-0.3, -0.25) is 10.1 Å². The first kappa shape index (κ1) is 16.5. The molecule has 5 nitrogen and oxygen atoms in total. The zero-order valence-electron chi connectivity index (χ0n) is 13.1. The summed E-state index contributed by atoms with van der Waals surface area (Å²) in [5.41, 5.74) is 0.802. The lowest BCUT2D eigenvalue weighted by Crippen LogP contribution is -2.30. The summed E-state index contributed by atoms with van der Waals surface area (Å²) >= 11 is 7.41. The van der Waals surface area contributed by atoms with Crippen LogP contribution in [-0.4, -0.2) is 24.1 Å². The molecule has 0 bridgehead atoms. The molecule has 3 rings (SSSR count). The molecule has 1 unspecified atom stereocenters. The number of nitrogens with zero attached hydrogens (tertiary/aromatic N) is 1. The largest absolute Gasteiger partial charge is 0.497 e. The van der Waals surface area contributed by atoms with Crippen LogP contribution in [0.3, 0.4) is 0 Å². The van der Waals surface area contributed by atoms with Gasteiger partial charge < -0.3 is 9.47 Å². The minimum Gasteiger partial charge on any atom is -0.497 e. The first-order valence-electron chi connectivity index (χ1n) is 7.23. The quantitative estimate of drug-likeness (QED) is 0.732. The average molecular weight is 363 g/mol. The molecule has 0 saturated heterocycles. The van der Waals surface area contributed by atoms with Crippen LogP contribution < -0.4 is 14.8 Å². The van der Waals surface area contributed by atoms with Gasteiger partial charge in [0.25, 0.3) is 5.91 Å². The van der Waals surface area contributed by atoms with Crippen LogP contribution in [0, 0.1) is 0 Å². The van der Waals surface area contributed by atoms with E-state index in [4.69, 9.17) is 21.1 Å². The Labute approximate surface area is 148 Å². The minimum absolute atomic E-state index is 0.291. The second kappa shape index (κ2) is 7.07. The molecule has 0 aliphatic rings. The van der Waals surface area contributed by atoms with E-state index in [9.17, 15) is 4.79 Å². The summed E-state index contributed by atoms with van der Waals surface area (Å²) in [5.74, 6) is 0.927. The molecular formula is C17H15ClN2O3S. The van der Waals surface area contributed by atoms with Gasteiger partial charge in [-0.2, -0.15) is 0 Å². The lowest BCUT2D eigenvalue weighted by Gasteiger charge is -2.14. The van der Waals surface area contributed by atoms with Gasteiger partial charge >= 0.3 is 0 Å². The molecule has 7 heteroatoms. The van der Waals surface area contributed by atoms with E-state index in [2.05, 4.69) is 10.3 Å². The fraction of sp³-hybridized carbons (Fsp3) is 0.176. The number of para-hydroxylation sites is 1. The van der Waals surface area contributed by atoms with E-state index in [-0.39, 0.29) is 5.91 Å². The van der Waals surface area contributed by atoms with Gasteiger partial charge in [-0.25, -0.2) is 4.98 Å². The zero-order chi connectivity index (χ0) is 17.1. The number of aromatic nitrogens is 1. The highest BCUT2D eigenvalue weighted by Crippen LogP contribution is 2.29. The molecule has 0 spiro atoms. The van der Waals surface area contributed by atoms with E-state index in [1.54, 1.807) is 38.3 Å². The van der Waals surface area contributed by atoms with Crippen molar-refractivity contribution in [3.63, 3.8) is 0 Å². The minimum atomic E-state index is -0.702. The smallest absolute Gasteiger partial charge is 0.266 e. The lowest BCUT2D eigenvalue weighted by molar-refractivity contribution is -0.122. The number of hydrogen-bond donors (Lipinski definition) is 1. The molecule has 1 heterocycles. The molecular weight excluding hydrogens is 348 g/mol. The normalized spacial score (nSPS) is 12.0. The summed E-state index contributed by atoms with van der Waals surface area (Å²) in [7, 11) is 1.61. The van der Waals surface area contributed by atoms with Crippen LogP contribution in [0.2, 0.25) is 5.02 Å². The molecule has 0 radical (unpaired) electrons. The van der Waals surface area contributed by atoms with Gasteiger partial charge in [-0.1, -0.05) is 35.1 Å². The number of anilines is 1. The number of thiazole rings is 1. The topological polar surface area (TPSA) is 60.5 Å². The van der Waals surface area contributed by atoms with Crippen molar-refractivity contribution in [2.75, 3.05) is 12.4 Å². The van der Waals surface area contributed by atoms with Crippen LogP contribution in [0.25, 0.3) is 10.2 Å². The van der Waals surface area contributed by atoms with Crippen LogP contribution in [0.15, 0.2) is 42.5 Å². The van der Waals surface area contributed by atoms with Gasteiger partial charge in [0, 0.05) is 0 Å². The predicted molar refractivity (Wildman–Crippen MR) is 96.3 cm³/mol. The van der Waals surface area contributed by atoms with Crippen molar-refractivity contribution in [2.24, 2.45) is 0 Å². The van der Waals surface area contributed by atoms with E-state index < -0.39 is 6.10 Å². The van der Waals surface area contributed by atoms with Crippen molar-refractivity contribution in [2.45, 2.75) is 13.0 Å². The molecule has 0 aliphatic carbocycles. The van der Waals surface area contributed by atoms with Crippen molar-refractivity contribution in [3.05, 3.63) is 47.5 Å². The second-order valence-corrected chi connectivity index (χ2v) is 6.47. The van der Waals surface area contributed by atoms with Gasteiger partial charge in [-0.05, 0) is 37.3 Å². The molecule has 0 fully saturated rings. The van der Waals surface area contributed by atoms with Crippen LogP contribution >= 0.6 is 22.9 Å². The summed E-state index contributed by atoms with van der Waals surface area (Å²) in [6.07, 6.45) is -0.702. The third kappa shape index (κ3) is 3.60. The van der Waals surface area contributed by atoms with Crippen LogP contribution in [0.4, 0.5) is 5.13 Å². The molecule has 1 N–H and O–H groups in total. The van der Waals surface area contributed by atoms with Gasteiger partial charge in [-0.15, -0.1) is 0 Å². The summed E-state index contributed by atoms with van der Waals surface area (Å²) < 4.78 is 11.7. The van der Waals surface area contributed by atoms with Crippen LogP contribution in [0.5, 0.6) is 11.5 Å². The summed E-state index contributed by atoms with van der Waals surface area (Å²) in [4.78, 5) is 16.7. The molecule has 24 heavy (non-hydrogen) atoms. The van der Waals surface area contributed by atoms with E-state index >= 15 is 0 Å². The Bertz CT molecular complexity index is 881. The first-order valence-corrected chi connectivity index (χ1v) is 8.43. The molecule has 0 aliphatic heterocycles. The number of carbonyl (C=O) groups is 1. The SMILES string of the molecule is COc1ccc2nc(NC(=O)C(C)Oc3ccccc3Cl)sc2c1. The van der Waals surface area contributed by atoms with Crippen molar-refractivity contribution in [1.29, 1.82) is 0 Å². The fourth-order valence-electron chi connectivity index (χ4n) is 2.08. The summed E-state index contributed by atoms with van der Waals surface area (Å²) in [5, 5.41) is 3.74. The number of amides is 1. The van der Waals surface area contributed by atoms with Gasteiger partial charge in [0.2, 0.25) is 0 Å². The molecule has 3 aromatic rings. The third-order valence-electron chi connectivity index (χ3n) is 3.34. The van der Waals surface area contributed by atoms with Gasteiger partial charge in [0.15, 0.2) is 11.2 Å². The number of ether oxygens (including phenoxy) is 2. The van der Waals surface area contributed by atoms with E-state index in [1.165, 1.54) is 11.3 Å². The summed E-state index contributed by atoms with van der Waals surface area (Å²) in [6, 6.07) is 12.6. The number of fused-ring (bicyclic) bond motifs is 1. The number of carbonyl (C=O) groups excluding carboxylic acids is 1. The number of benzene rings is 2. The van der Waals surface area contributed by atoms with E-state index in [0.29, 0.717) is 15.9 Å². The van der Waals surface area contributed by atoms with Crippen molar-refractivity contribution in [3.8, 4) is 11.5 Å². The Morgan fingerprint density at radius 1 is 1.29 bits per heavy atom. The highest BCUT2D eigenvalue weighted by molar-refractivity contribution is 7.22. The second-order valence-electron chi connectivity index (χ2n) is 5.03. The third-order valence-corrected chi connectivity index (χ3v) is 4.58. The first-order chi connectivity index (χ1) is 11.6. The predicted octanol–water partition coefficient (Wildman–Crippen LogP) is 4.36. The lowest BCUT2D eigenvalue weighted by atomic mass is 10.3. The number of rotatable bonds is 5. The molecule has 1 aromatic heterocycles. The molecule has 1 atom stereocenters. The number of nitrogens with one attached hydrogen (secondary N) is 1. The van der Waals surface area contributed by atoms with Crippen molar-refractivity contribution in [1.82, 2.24) is 4.98 Å². The maximum absolute atomic E-state index is 12.3. The Kier molecular flexibility index (Phi) is 4.87. The van der Waals surface area contributed by atoms with Crippen LogP contribution in [0.1, 0.15) is 6.92 Å². The Balaban J connectivity index is 1.71. The van der Waals surface area contributed by atoms with Crippen LogP contribution in [-0.2, 0) is 4.79 Å². The Hall–Kier alpha value is -2.31. The monoisotopic (exact) mass is 362 g/mol. The van der Waals surface area contributed by atoms with E-state index in [0.717, 1.165) is 16.0 Å². The highest BCUT2D eigenvalue weighted by Gasteiger charge is 2.18. The Morgan fingerprint density at radius 3 is 2.83 bits per heavy atom. The van der Waals surface area contributed by atoms with E-state index in [1.807, 2.05) is 18.2 Å². The highest BCUT2D eigenvalue weighted by atomic mass is 35.5. The maximum atomic E-state index is 12.3. The molecule has 124 valence electrons. The van der Waals surface area contributed by atoms with Gasteiger partial charge in [0.1, 0.15) is 11.5 Å². The summed E-state index contributed by atoms with van der Waals surface area (Å²) in [6.45, 7) is 1.66. The number of methoxy groups -OCH3 is 1. The van der Waals surface area contributed by atoms with Crippen molar-refractivity contribution >= 4 is 44.2 Å². The fourth-order valence-corrected chi connectivity index (χ4v) is 3.15. The average Bonchev–Trinajstić information content (AvgIpc) is 2.97. The zero-order valence-corrected chi connectivity index (χ0v) is 14.6. The number of halogens is 1. The van der Waals surface area contributed by atoms with Crippen molar-refractivity contribution < 1.29 is 14.3 Å². The number of hydrogen-bond acceptors (Lipinski definition) is 5. The maximum Gasteiger partial charge on any atom is 0.266 e. The van der Waals surface area contributed by atoms with Gasteiger partial charge in [0.05, 0.1) is 22.3 Å². The standard InChI is InChI=1S/C17H15ClN2O3S/c1-10(23-14-6-4-3-5-12(14)18)16(21)20-17-19-13-8-7-11(22-2)9-15(13)24-17/h3-10H,1-2H3,(H,19,20,21). The molecule has 0 saturated carbocycles.